The summed E-state index contributed by atoms with van der Waals surface area (Å²) in [6.45, 7) is 2.33. The van der Waals surface area contributed by atoms with Crippen molar-refractivity contribution in [2.24, 2.45) is 23.7 Å². The van der Waals surface area contributed by atoms with Crippen molar-refractivity contribution in [2.75, 3.05) is 0 Å². The largest absolute Gasteiger partial charge is 0.216 e. The molecule has 0 radical (unpaired) electrons. The van der Waals surface area contributed by atoms with Gasteiger partial charge in [-0.25, -0.2) is 4.39 Å². The van der Waals surface area contributed by atoms with Crippen molar-refractivity contribution in [3.05, 3.63) is 12.4 Å². The van der Waals surface area contributed by atoms with E-state index in [2.05, 4.69) is 6.92 Å². The van der Waals surface area contributed by atoms with Gasteiger partial charge in [0.2, 0.25) is 0 Å². The molecular formula is C16H27F. The Balaban J connectivity index is 1.74. The molecule has 0 spiro atoms. The van der Waals surface area contributed by atoms with E-state index in [0.717, 1.165) is 24.1 Å². The lowest BCUT2D eigenvalue weighted by molar-refractivity contribution is 0.154. The van der Waals surface area contributed by atoms with Gasteiger partial charge in [-0.05, 0) is 62.2 Å². The Morgan fingerprint density at radius 2 is 1.41 bits per heavy atom. The second-order valence-corrected chi connectivity index (χ2v) is 6.18. The molecular weight excluding hydrogens is 211 g/mol. The van der Waals surface area contributed by atoms with E-state index in [4.69, 9.17) is 0 Å². The second-order valence-electron chi connectivity index (χ2n) is 6.18. The third-order valence-electron chi connectivity index (χ3n) is 5.30. The summed E-state index contributed by atoms with van der Waals surface area (Å²) in [5, 5.41) is 0. The van der Waals surface area contributed by atoms with E-state index in [-0.39, 0.29) is 0 Å². The highest BCUT2D eigenvalue weighted by molar-refractivity contribution is 4.89. The molecule has 0 bridgehead atoms. The molecule has 1 heteroatoms. The molecule has 0 aromatic rings. The minimum atomic E-state index is 0.531. The van der Waals surface area contributed by atoms with Crippen LogP contribution >= 0.6 is 0 Å². The van der Waals surface area contributed by atoms with E-state index >= 15 is 0 Å². The maximum atomic E-state index is 12.1. The number of hydrogen-bond acceptors (Lipinski definition) is 0. The van der Waals surface area contributed by atoms with Crippen LogP contribution in [-0.4, -0.2) is 0 Å². The summed E-state index contributed by atoms with van der Waals surface area (Å²) < 4.78 is 12.1. The highest BCUT2D eigenvalue weighted by Crippen LogP contribution is 2.42. The predicted octanol–water partition coefficient (Wildman–Crippen LogP) is 5.49. The first-order valence-corrected chi connectivity index (χ1v) is 7.60. The van der Waals surface area contributed by atoms with Crippen LogP contribution in [0.1, 0.15) is 64.7 Å². The maximum absolute atomic E-state index is 12.1. The Bertz CT molecular complexity index is 230. The molecule has 0 nitrogen and oxygen atoms in total. The predicted molar refractivity (Wildman–Crippen MR) is 71.4 cm³/mol. The molecule has 0 heterocycles. The second kappa shape index (κ2) is 6.56. The van der Waals surface area contributed by atoms with Crippen LogP contribution in [0.25, 0.3) is 0 Å². The fourth-order valence-corrected chi connectivity index (χ4v) is 3.98. The van der Waals surface area contributed by atoms with Gasteiger partial charge >= 0.3 is 0 Å². The van der Waals surface area contributed by atoms with Crippen LogP contribution in [0.15, 0.2) is 12.4 Å². The van der Waals surface area contributed by atoms with E-state index in [9.17, 15) is 4.39 Å². The lowest BCUT2D eigenvalue weighted by Gasteiger charge is -2.37. The van der Waals surface area contributed by atoms with Crippen LogP contribution in [0, 0.1) is 23.7 Å². The van der Waals surface area contributed by atoms with Gasteiger partial charge < -0.3 is 0 Å². The Morgan fingerprint density at radius 1 is 0.882 bits per heavy atom. The van der Waals surface area contributed by atoms with Crippen LogP contribution in [0.4, 0.5) is 4.39 Å². The van der Waals surface area contributed by atoms with E-state index in [1.54, 1.807) is 6.08 Å². The summed E-state index contributed by atoms with van der Waals surface area (Å²) in [4.78, 5) is 0. The van der Waals surface area contributed by atoms with Crippen LogP contribution in [0.2, 0.25) is 0 Å². The fourth-order valence-electron chi connectivity index (χ4n) is 3.98. The molecule has 2 rings (SSSR count). The van der Waals surface area contributed by atoms with Crippen molar-refractivity contribution < 1.29 is 4.39 Å². The number of allylic oxidation sites excluding steroid dienone is 1. The van der Waals surface area contributed by atoms with Gasteiger partial charge in [0.25, 0.3) is 0 Å². The molecule has 0 aromatic heterocycles. The molecule has 0 aliphatic heterocycles. The number of halogens is 1. The monoisotopic (exact) mass is 238 g/mol. The van der Waals surface area contributed by atoms with Gasteiger partial charge in [0.05, 0.1) is 6.33 Å². The Labute approximate surface area is 106 Å². The molecule has 98 valence electrons. The summed E-state index contributed by atoms with van der Waals surface area (Å²) >= 11 is 0. The molecule has 0 amide bonds. The van der Waals surface area contributed by atoms with Gasteiger partial charge in [-0.15, -0.1) is 0 Å². The molecule has 0 unspecified atom stereocenters. The highest BCUT2D eigenvalue weighted by Gasteiger charge is 2.29. The van der Waals surface area contributed by atoms with E-state index < -0.39 is 0 Å². The lowest BCUT2D eigenvalue weighted by Crippen LogP contribution is -2.25. The SMILES string of the molecule is CCC1CCC(C2CCC(/C=C/F)CC2)CC1. The fraction of sp³-hybridized carbons (Fsp3) is 0.875. The average molecular weight is 238 g/mol. The molecule has 0 saturated heterocycles. The molecule has 0 atom stereocenters. The van der Waals surface area contributed by atoms with Crippen LogP contribution < -0.4 is 0 Å². The van der Waals surface area contributed by atoms with Crippen molar-refractivity contribution in [1.82, 2.24) is 0 Å². The third-order valence-corrected chi connectivity index (χ3v) is 5.30. The maximum Gasteiger partial charge on any atom is 0.0829 e. The summed E-state index contributed by atoms with van der Waals surface area (Å²) in [5.41, 5.74) is 0. The first kappa shape index (κ1) is 13.1. The molecule has 17 heavy (non-hydrogen) atoms. The lowest BCUT2D eigenvalue weighted by atomic mass is 9.69. The average Bonchev–Trinajstić information content (AvgIpc) is 2.40. The summed E-state index contributed by atoms with van der Waals surface area (Å²) in [6.07, 6.45) is 14.9. The van der Waals surface area contributed by atoms with E-state index in [1.165, 1.54) is 57.8 Å². The van der Waals surface area contributed by atoms with E-state index in [1.807, 2.05) is 0 Å². The third kappa shape index (κ3) is 3.56. The quantitative estimate of drug-likeness (QED) is 0.609. The van der Waals surface area contributed by atoms with Gasteiger partial charge in [0, 0.05) is 0 Å². The first-order valence-electron chi connectivity index (χ1n) is 7.60. The minimum Gasteiger partial charge on any atom is -0.216 e. The molecule has 2 aliphatic rings. The summed E-state index contributed by atoms with van der Waals surface area (Å²) in [5.74, 6) is 3.49. The van der Waals surface area contributed by atoms with Gasteiger partial charge in [-0.2, -0.15) is 0 Å². The van der Waals surface area contributed by atoms with Crippen LogP contribution in [-0.2, 0) is 0 Å². The van der Waals surface area contributed by atoms with Crippen molar-refractivity contribution in [3.63, 3.8) is 0 Å². The zero-order valence-corrected chi connectivity index (χ0v) is 11.2. The Morgan fingerprint density at radius 3 is 1.88 bits per heavy atom. The molecule has 0 aromatic carbocycles. The van der Waals surface area contributed by atoms with E-state index in [0.29, 0.717) is 5.92 Å². The van der Waals surface area contributed by atoms with Gasteiger partial charge in [0.1, 0.15) is 0 Å². The van der Waals surface area contributed by atoms with Crippen LogP contribution in [0.3, 0.4) is 0 Å². The minimum absolute atomic E-state index is 0.531. The van der Waals surface area contributed by atoms with Crippen molar-refractivity contribution in [3.8, 4) is 0 Å². The summed E-state index contributed by atoms with van der Waals surface area (Å²) in [7, 11) is 0. The van der Waals surface area contributed by atoms with Crippen molar-refractivity contribution in [1.29, 1.82) is 0 Å². The molecule has 2 aliphatic carbocycles. The highest BCUT2D eigenvalue weighted by atomic mass is 19.1. The Kier molecular flexibility index (Phi) is 5.06. The van der Waals surface area contributed by atoms with Crippen molar-refractivity contribution >= 4 is 0 Å². The number of hydrogen-bond donors (Lipinski definition) is 0. The van der Waals surface area contributed by atoms with Crippen molar-refractivity contribution in [2.45, 2.75) is 64.7 Å². The zero-order chi connectivity index (χ0) is 12.1. The van der Waals surface area contributed by atoms with Crippen LogP contribution in [0.5, 0.6) is 0 Å². The zero-order valence-electron chi connectivity index (χ0n) is 11.2. The summed E-state index contributed by atoms with van der Waals surface area (Å²) in [6, 6.07) is 0. The van der Waals surface area contributed by atoms with Gasteiger partial charge in [-0.1, -0.05) is 32.3 Å². The van der Waals surface area contributed by atoms with Gasteiger partial charge in [0.15, 0.2) is 0 Å². The smallest absolute Gasteiger partial charge is 0.0829 e. The molecule has 2 saturated carbocycles. The Hall–Kier alpha value is -0.330. The van der Waals surface area contributed by atoms with Gasteiger partial charge in [-0.3, -0.25) is 0 Å². The normalized spacial score (nSPS) is 39.6. The number of rotatable bonds is 3. The topological polar surface area (TPSA) is 0 Å². The standard InChI is InChI=1S/C16H27F/c1-2-13-3-7-15(8-4-13)16-9-5-14(6-10-16)11-12-17/h11-16H,2-10H2,1H3/b12-11+. The molecule has 2 fully saturated rings. The molecule has 0 N–H and O–H groups in total. The first-order chi connectivity index (χ1) is 8.33.